The third kappa shape index (κ3) is 2.80. The van der Waals surface area contributed by atoms with Gasteiger partial charge in [0.1, 0.15) is 0 Å². The first-order chi connectivity index (χ1) is 6.77. The van der Waals surface area contributed by atoms with Gasteiger partial charge in [-0.15, -0.1) is 6.58 Å². The molecule has 0 bridgehead atoms. The van der Waals surface area contributed by atoms with E-state index in [2.05, 4.69) is 6.58 Å². The van der Waals surface area contributed by atoms with E-state index in [4.69, 9.17) is 9.47 Å². The monoisotopic (exact) mass is 192 g/mol. The molecule has 0 aliphatic carbocycles. The lowest BCUT2D eigenvalue weighted by molar-refractivity contribution is 0.300. The Kier molecular flexibility index (Phi) is 4.05. The van der Waals surface area contributed by atoms with Crippen molar-refractivity contribution in [3.63, 3.8) is 0 Å². The number of ether oxygens (including phenoxy) is 2. The second-order valence-electron chi connectivity index (χ2n) is 3.08. The fourth-order valence-electron chi connectivity index (χ4n) is 1.15. The largest absolute Gasteiger partial charge is 0.493 e. The molecule has 1 aromatic rings. The molecule has 1 aromatic carbocycles. The molecule has 0 fully saturated rings. The molecular formula is C12H16O2. The van der Waals surface area contributed by atoms with Crippen LogP contribution in [-0.2, 0) is 0 Å². The second-order valence-corrected chi connectivity index (χ2v) is 3.08. The lowest BCUT2D eigenvalue weighted by Crippen LogP contribution is -1.98. The topological polar surface area (TPSA) is 18.5 Å². The van der Waals surface area contributed by atoms with Crippen molar-refractivity contribution >= 4 is 0 Å². The summed E-state index contributed by atoms with van der Waals surface area (Å²) in [7, 11) is 1.65. The van der Waals surface area contributed by atoms with E-state index in [0.717, 1.165) is 23.5 Å². The van der Waals surface area contributed by atoms with Crippen LogP contribution in [0.2, 0.25) is 0 Å². The predicted molar refractivity (Wildman–Crippen MR) is 58.0 cm³/mol. The molecule has 0 aliphatic heterocycles. The minimum Gasteiger partial charge on any atom is -0.493 e. The first-order valence-electron chi connectivity index (χ1n) is 4.66. The van der Waals surface area contributed by atoms with E-state index < -0.39 is 0 Å². The molecular weight excluding hydrogens is 176 g/mol. The molecule has 14 heavy (non-hydrogen) atoms. The van der Waals surface area contributed by atoms with E-state index in [-0.39, 0.29) is 0 Å². The van der Waals surface area contributed by atoms with Crippen LogP contribution in [0.5, 0.6) is 11.5 Å². The van der Waals surface area contributed by atoms with E-state index >= 15 is 0 Å². The van der Waals surface area contributed by atoms with E-state index in [0.29, 0.717) is 6.61 Å². The highest BCUT2D eigenvalue weighted by atomic mass is 16.5. The van der Waals surface area contributed by atoms with Gasteiger partial charge in [-0.05, 0) is 31.0 Å². The van der Waals surface area contributed by atoms with E-state index in [9.17, 15) is 0 Å². The van der Waals surface area contributed by atoms with E-state index in [1.165, 1.54) is 0 Å². The van der Waals surface area contributed by atoms with Crippen LogP contribution < -0.4 is 9.47 Å². The molecule has 0 saturated carbocycles. The van der Waals surface area contributed by atoms with Crippen molar-refractivity contribution in [2.24, 2.45) is 0 Å². The fourth-order valence-corrected chi connectivity index (χ4v) is 1.15. The van der Waals surface area contributed by atoms with Gasteiger partial charge in [-0.2, -0.15) is 0 Å². The third-order valence-corrected chi connectivity index (χ3v) is 1.90. The number of hydrogen-bond donors (Lipinski definition) is 0. The molecule has 1 rings (SSSR count). The van der Waals surface area contributed by atoms with Crippen molar-refractivity contribution in [3.8, 4) is 11.5 Å². The summed E-state index contributed by atoms with van der Waals surface area (Å²) in [5, 5.41) is 0. The molecule has 0 heterocycles. The summed E-state index contributed by atoms with van der Waals surface area (Å²) < 4.78 is 10.7. The lowest BCUT2D eigenvalue weighted by atomic mass is 10.2. The van der Waals surface area contributed by atoms with Crippen molar-refractivity contribution in [2.45, 2.75) is 13.3 Å². The van der Waals surface area contributed by atoms with Crippen LogP contribution in [0, 0.1) is 6.92 Å². The Morgan fingerprint density at radius 3 is 2.79 bits per heavy atom. The molecule has 0 unspecified atom stereocenters. The van der Waals surface area contributed by atoms with Gasteiger partial charge in [0.25, 0.3) is 0 Å². The number of hydrogen-bond acceptors (Lipinski definition) is 2. The van der Waals surface area contributed by atoms with Gasteiger partial charge in [0.15, 0.2) is 11.5 Å². The van der Waals surface area contributed by atoms with E-state index in [1.54, 1.807) is 7.11 Å². The Hall–Kier alpha value is -1.44. The summed E-state index contributed by atoms with van der Waals surface area (Å²) in [5.41, 5.74) is 1.16. The third-order valence-electron chi connectivity index (χ3n) is 1.90. The summed E-state index contributed by atoms with van der Waals surface area (Å²) >= 11 is 0. The molecule has 2 heteroatoms. The zero-order chi connectivity index (χ0) is 10.4. The molecule has 0 radical (unpaired) electrons. The molecule has 76 valence electrons. The summed E-state index contributed by atoms with van der Waals surface area (Å²) in [5.74, 6) is 1.58. The molecule has 0 aliphatic rings. The van der Waals surface area contributed by atoms with Crippen LogP contribution in [0.15, 0.2) is 30.9 Å². The van der Waals surface area contributed by atoms with Gasteiger partial charge in [-0.1, -0.05) is 12.1 Å². The van der Waals surface area contributed by atoms with Gasteiger partial charge in [-0.3, -0.25) is 0 Å². The van der Waals surface area contributed by atoms with Gasteiger partial charge < -0.3 is 9.47 Å². The van der Waals surface area contributed by atoms with Crippen LogP contribution in [0.4, 0.5) is 0 Å². The normalized spacial score (nSPS) is 9.57. The fraction of sp³-hybridized carbons (Fsp3) is 0.333. The highest BCUT2D eigenvalue weighted by molar-refractivity contribution is 5.42. The summed E-state index contributed by atoms with van der Waals surface area (Å²) in [6, 6.07) is 5.90. The molecule has 0 atom stereocenters. The van der Waals surface area contributed by atoms with Crippen molar-refractivity contribution in [2.75, 3.05) is 13.7 Å². The Bertz CT molecular complexity index is 305. The van der Waals surface area contributed by atoms with E-state index in [1.807, 2.05) is 31.2 Å². The Morgan fingerprint density at radius 1 is 1.36 bits per heavy atom. The highest BCUT2D eigenvalue weighted by Crippen LogP contribution is 2.27. The summed E-state index contributed by atoms with van der Waals surface area (Å²) in [4.78, 5) is 0. The average Bonchev–Trinajstić information content (AvgIpc) is 2.20. The molecule has 0 aromatic heterocycles. The van der Waals surface area contributed by atoms with Crippen LogP contribution in [0.1, 0.15) is 12.0 Å². The van der Waals surface area contributed by atoms with Gasteiger partial charge in [0, 0.05) is 0 Å². The average molecular weight is 192 g/mol. The molecule has 0 spiro atoms. The maximum Gasteiger partial charge on any atom is 0.161 e. The SMILES string of the molecule is C=CCCOc1ccc(C)cc1OC. The summed E-state index contributed by atoms with van der Waals surface area (Å²) in [6.07, 6.45) is 2.68. The van der Waals surface area contributed by atoms with Gasteiger partial charge >= 0.3 is 0 Å². The highest BCUT2D eigenvalue weighted by Gasteiger charge is 2.02. The maximum atomic E-state index is 5.53. The second kappa shape index (κ2) is 5.32. The minimum absolute atomic E-state index is 0.642. The molecule has 0 saturated heterocycles. The number of benzene rings is 1. The van der Waals surface area contributed by atoms with Gasteiger partial charge in [-0.25, -0.2) is 0 Å². The first-order valence-corrected chi connectivity index (χ1v) is 4.66. The number of rotatable bonds is 5. The van der Waals surface area contributed by atoms with Crippen LogP contribution >= 0.6 is 0 Å². The quantitative estimate of drug-likeness (QED) is 0.527. The van der Waals surface area contributed by atoms with Crippen LogP contribution in [0.25, 0.3) is 0 Å². The minimum atomic E-state index is 0.642. The Labute approximate surface area is 85.2 Å². The number of aryl methyl sites for hydroxylation is 1. The zero-order valence-corrected chi connectivity index (χ0v) is 8.75. The van der Waals surface area contributed by atoms with Crippen LogP contribution in [0.3, 0.4) is 0 Å². The first kappa shape index (κ1) is 10.6. The standard InChI is InChI=1S/C12H16O2/c1-4-5-8-14-11-7-6-10(2)9-12(11)13-3/h4,6-7,9H,1,5,8H2,2-3H3. The molecule has 0 N–H and O–H groups in total. The molecule has 2 nitrogen and oxygen atoms in total. The van der Waals surface area contributed by atoms with Crippen molar-refractivity contribution in [1.82, 2.24) is 0 Å². The van der Waals surface area contributed by atoms with Crippen molar-refractivity contribution in [1.29, 1.82) is 0 Å². The van der Waals surface area contributed by atoms with Crippen molar-refractivity contribution < 1.29 is 9.47 Å². The number of methoxy groups -OCH3 is 1. The van der Waals surface area contributed by atoms with Gasteiger partial charge in [0.2, 0.25) is 0 Å². The smallest absolute Gasteiger partial charge is 0.161 e. The lowest BCUT2D eigenvalue weighted by Gasteiger charge is -2.10. The zero-order valence-electron chi connectivity index (χ0n) is 8.75. The predicted octanol–water partition coefficient (Wildman–Crippen LogP) is 2.96. The maximum absolute atomic E-state index is 5.53. The van der Waals surface area contributed by atoms with Crippen LogP contribution in [-0.4, -0.2) is 13.7 Å². The Morgan fingerprint density at radius 2 is 2.14 bits per heavy atom. The van der Waals surface area contributed by atoms with Gasteiger partial charge in [0.05, 0.1) is 13.7 Å². The Balaban J connectivity index is 2.69. The molecule has 0 amide bonds. The van der Waals surface area contributed by atoms with Crippen molar-refractivity contribution in [3.05, 3.63) is 36.4 Å². The summed E-state index contributed by atoms with van der Waals surface area (Å²) in [6.45, 7) is 6.30.